The number of ether oxygens (including phenoxy) is 1. The standard InChI is InChI=1S/C12H13N3O4S2/c1-19-10-7-8(12(13)14-16)4-5-9(10)15-21(17,18)11-3-2-6-20-11/h2-7,15-16H,1H3,(H2,13,14). The number of thiophene rings is 1. The Morgan fingerprint density at radius 3 is 2.76 bits per heavy atom. The van der Waals surface area contributed by atoms with Gasteiger partial charge in [0.05, 0.1) is 12.8 Å². The van der Waals surface area contributed by atoms with Crippen LogP contribution in [0.25, 0.3) is 0 Å². The summed E-state index contributed by atoms with van der Waals surface area (Å²) in [5.41, 5.74) is 6.15. The van der Waals surface area contributed by atoms with E-state index in [1.807, 2.05) is 0 Å². The summed E-state index contributed by atoms with van der Waals surface area (Å²) in [5, 5.41) is 13.2. The van der Waals surface area contributed by atoms with Gasteiger partial charge in [-0.05, 0) is 29.6 Å². The molecule has 2 aromatic rings. The number of benzene rings is 1. The lowest BCUT2D eigenvalue weighted by molar-refractivity contribution is 0.318. The van der Waals surface area contributed by atoms with Gasteiger partial charge in [0, 0.05) is 5.56 Å². The van der Waals surface area contributed by atoms with Crippen LogP contribution in [0.1, 0.15) is 5.56 Å². The molecule has 7 nitrogen and oxygen atoms in total. The number of nitrogens with two attached hydrogens (primary N) is 1. The molecule has 21 heavy (non-hydrogen) atoms. The van der Waals surface area contributed by atoms with Gasteiger partial charge >= 0.3 is 0 Å². The van der Waals surface area contributed by atoms with Crippen molar-refractivity contribution in [2.75, 3.05) is 11.8 Å². The number of anilines is 1. The van der Waals surface area contributed by atoms with Gasteiger partial charge in [0.25, 0.3) is 10.0 Å². The quantitative estimate of drug-likeness (QED) is 0.334. The molecular weight excluding hydrogens is 314 g/mol. The zero-order chi connectivity index (χ0) is 15.5. The van der Waals surface area contributed by atoms with Crippen LogP contribution in [0.5, 0.6) is 5.75 Å². The van der Waals surface area contributed by atoms with E-state index in [4.69, 9.17) is 15.7 Å². The highest BCUT2D eigenvalue weighted by molar-refractivity contribution is 7.94. The molecule has 1 heterocycles. The van der Waals surface area contributed by atoms with Crippen LogP contribution in [0.3, 0.4) is 0 Å². The van der Waals surface area contributed by atoms with Crippen molar-refractivity contribution < 1.29 is 18.4 Å². The fourth-order valence-electron chi connectivity index (χ4n) is 1.60. The Hall–Kier alpha value is -2.26. The minimum atomic E-state index is -3.66. The molecule has 0 amide bonds. The van der Waals surface area contributed by atoms with Crippen LogP contribution in [0.2, 0.25) is 0 Å². The zero-order valence-corrected chi connectivity index (χ0v) is 12.6. The third-order valence-electron chi connectivity index (χ3n) is 2.61. The molecule has 1 aromatic heterocycles. The first-order valence-corrected chi connectivity index (χ1v) is 8.06. The largest absolute Gasteiger partial charge is 0.495 e. The maximum atomic E-state index is 12.2. The Kier molecular flexibility index (Phi) is 4.34. The summed E-state index contributed by atoms with van der Waals surface area (Å²) < 4.78 is 32.1. The summed E-state index contributed by atoms with van der Waals surface area (Å²) in [6.45, 7) is 0. The molecule has 0 saturated carbocycles. The Labute approximate surface area is 125 Å². The van der Waals surface area contributed by atoms with Crippen molar-refractivity contribution in [3.63, 3.8) is 0 Å². The fraction of sp³-hybridized carbons (Fsp3) is 0.0833. The highest BCUT2D eigenvalue weighted by Gasteiger charge is 2.18. The average molecular weight is 327 g/mol. The summed E-state index contributed by atoms with van der Waals surface area (Å²) in [5.74, 6) is 0.167. The van der Waals surface area contributed by atoms with Crippen LogP contribution in [0.4, 0.5) is 5.69 Å². The van der Waals surface area contributed by atoms with Crippen molar-refractivity contribution in [1.82, 2.24) is 0 Å². The molecule has 0 saturated heterocycles. The molecule has 2 rings (SSSR count). The fourth-order valence-corrected chi connectivity index (χ4v) is 3.67. The predicted molar refractivity (Wildman–Crippen MR) is 80.6 cm³/mol. The summed E-state index contributed by atoms with van der Waals surface area (Å²) in [7, 11) is -2.27. The number of amidine groups is 1. The molecule has 4 N–H and O–H groups in total. The normalized spacial score (nSPS) is 12.1. The number of oxime groups is 1. The topological polar surface area (TPSA) is 114 Å². The Bertz CT molecular complexity index is 755. The molecule has 0 aliphatic carbocycles. The first kappa shape index (κ1) is 15.1. The van der Waals surface area contributed by atoms with Crippen molar-refractivity contribution in [2.24, 2.45) is 10.9 Å². The summed E-state index contributed by atoms with van der Waals surface area (Å²) in [4.78, 5) is 0. The van der Waals surface area contributed by atoms with Gasteiger partial charge in [0.1, 0.15) is 9.96 Å². The van der Waals surface area contributed by atoms with Gasteiger partial charge in [-0.1, -0.05) is 11.2 Å². The first-order valence-electron chi connectivity index (χ1n) is 5.70. The highest BCUT2D eigenvalue weighted by Crippen LogP contribution is 2.29. The molecule has 1 aromatic carbocycles. The minimum Gasteiger partial charge on any atom is -0.495 e. The maximum Gasteiger partial charge on any atom is 0.271 e. The summed E-state index contributed by atoms with van der Waals surface area (Å²) in [6, 6.07) is 7.63. The molecule has 0 fully saturated rings. The van der Waals surface area contributed by atoms with Crippen LogP contribution in [0, 0.1) is 0 Å². The molecule has 9 heteroatoms. The third-order valence-corrected chi connectivity index (χ3v) is 5.37. The van der Waals surface area contributed by atoms with Crippen LogP contribution in [-0.2, 0) is 10.0 Å². The molecule has 0 atom stereocenters. The van der Waals surface area contributed by atoms with E-state index in [2.05, 4.69) is 9.88 Å². The molecule has 0 spiro atoms. The van der Waals surface area contributed by atoms with E-state index < -0.39 is 10.0 Å². The first-order chi connectivity index (χ1) is 9.97. The van der Waals surface area contributed by atoms with E-state index >= 15 is 0 Å². The number of rotatable bonds is 5. The third kappa shape index (κ3) is 3.26. The van der Waals surface area contributed by atoms with E-state index in [1.54, 1.807) is 11.4 Å². The summed E-state index contributed by atoms with van der Waals surface area (Å²) in [6.07, 6.45) is 0. The molecule has 112 valence electrons. The number of sulfonamides is 1. The van der Waals surface area contributed by atoms with E-state index in [9.17, 15) is 8.42 Å². The van der Waals surface area contributed by atoms with Crippen LogP contribution in [-0.4, -0.2) is 26.6 Å². The van der Waals surface area contributed by atoms with Gasteiger partial charge < -0.3 is 15.7 Å². The number of hydrogen-bond acceptors (Lipinski definition) is 6. The van der Waals surface area contributed by atoms with Gasteiger partial charge in [-0.2, -0.15) is 0 Å². The molecule has 0 bridgehead atoms. The number of hydrogen-bond donors (Lipinski definition) is 3. The van der Waals surface area contributed by atoms with Gasteiger partial charge in [0.2, 0.25) is 0 Å². The van der Waals surface area contributed by atoms with Crippen LogP contribution in [0.15, 0.2) is 45.1 Å². The second kappa shape index (κ2) is 6.02. The second-order valence-electron chi connectivity index (χ2n) is 3.94. The Morgan fingerprint density at radius 1 is 1.43 bits per heavy atom. The van der Waals surface area contributed by atoms with Crippen LogP contribution >= 0.6 is 11.3 Å². The second-order valence-corrected chi connectivity index (χ2v) is 6.79. The Balaban J connectivity index is 2.37. The van der Waals surface area contributed by atoms with Crippen molar-refractivity contribution in [3.8, 4) is 5.75 Å². The zero-order valence-electron chi connectivity index (χ0n) is 11.0. The van der Waals surface area contributed by atoms with E-state index in [-0.39, 0.29) is 21.5 Å². The lowest BCUT2D eigenvalue weighted by atomic mass is 10.2. The number of nitrogens with zero attached hydrogens (tertiary/aromatic N) is 1. The molecule has 0 unspecified atom stereocenters. The van der Waals surface area contributed by atoms with E-state index in [0.717, 1.165) is 11.3 Å². The molecule has 0 aliphatic heterocycles. The molecule has 0 radical (unpaired) electrons. The van der Waals surface area contributed by atoms with Crippen molar-refractivity contribution in [1.29, 1.82) is 0 Å². The van der Waals surface area contributed by atoms with E-state index in [1.165, 1.54) is 31.4 Å². The Morgan fingerprint density at radius 2 is 2.19 bits per heavy atom. The van der Waals surface area contributed by atoms with Crippen molar-refractivity contribution in [2.45, 2.75) is 4.21 Å². The van der Waals surface area contributed by atoms with Gasteiger partial charge in [-0.25, -0.2) is 8.42 Å². The van der Waals surface area contributed by atoms with Crippen molar-refractivity contribution in [3.05, 3.63) is 41.3 Å². The molecule has 0 aliphatic rings. The predicted octanol–water partition coefficient (Wildman–Crippen LogP) is 1.65. The summed E-state index contributed by atoms with van der Waals surface area (Å²) >= 11 is 1.11. The van der Waals surface area contributed by atoms with E-state index in [0.29, 0.717) is 5.56 Å². The number of nitrogens with one attached hydrogen (secondary N) is 1. The van der Waals surface area contributed by atoms with Gasteiger partial charge in [0.15, 0.2) is 5.84 Å². The highest BCUT2D eigenvalue weighted by atomic mass is 32.2. The van der Waals surface area contributed by atoms with Crippen LogP contribution < -0.4 is 15.2 Å². The van der Waals surface area contributed by atoms with Gasteiger partial charge in [-0.15, -0.1) is 11.3 Å². The lowest BCUT2D eigenvalue weighted by Gasteiger charge is -2.12. The average Bonchev–Trinajstić information content (AvgIpc) is 3.01. The SMILES string of the molecule is COc1cc(/C(N)=N/O)ccc1NS(=O)(=O)c1cccs1. The smallest absolute Gasteiger partial charge is 0.271 e. The number of methoxy groups -OCH3 is 1. The minimum absolute atomic E-state index is 0.0963. The molecular formula is C12H13N3O4S2. The lowest BCUT2D eigenvalue weighted by Crippen LogP contribution is -2.15. The van der Waals surface area contributed by atoms with Gasteiger partial charge in [-0.3, -0.25) is 4.72 Å². The van der Waals surface area contributed by atoms with Crippen molar-refractivity contribution >= 4 is 32.9 Å². The monoisotopic (exact) mass is 327 g/mol. The maximum absolute atomic E-state index is 12.2.